The number of aromatic nitrogens is 3. The summed E-state index contributed by atoms with van der Waals surface area (Å²) in [4.78, 5) is 7.87. The topological polar surface area (TPSA) is 23.5 Å². The van der Waals surface area contributed by atoms with E-state index in [0.717, 1.165) is 61.0 Å². The minimum Gasteiger partial charge on any atom is -0.320 e. The predicted octanol–water partition coefficient (Wildman–Crippen LogP) is 13.7. The summed E-state index contributed by atoms with van der Waals surface area (Å²) in [5.74, 6) is 0. The Bertz CT molecular complexity index is 3420. The number of benzene rings is 8. The molecular weight excluding hydrogens is 671 g/mol. The molecule has 11 rings (SSSR count). The normalized spacial score (nSPS) is 11.6. The molecule has 55 heavy (non-hydrogen) atoms. The third-order valence-electron chi connectivity index (χ3n) is 11.1. The SMILES string of the molecule is [C-]#[N+]c1ccc(-c2ccccc2-n2c3ccccc3c3cc(-n4c5ccccc5c5ccccc54)ccc32)cc1-n1c2ccccc2c2c([N+]#[C-])cccc21. The summed E-state index contributed by atoms with van der Waals surface area (Å²) in [5, 5.41) is 6.74. The van der Waals surface area contributed by atoms with Crippen LogP contribution in [-0.2, 0) is 0 Å². The van der Waals surface area contributed by atoms with E-state index in [1.807, 2.05) is 36.4 Å². The maximum Gasteiger partial charge on any atom is 0.210 e. The molecule has 254 valence electrons. The van der Waals surface area contributed by atoms with E-state index in [9.17, 15) is 0 Å². The highest BCUT2D eigenvalue weighted by molar-refractivity contribution is 6.16. The molecule has 3 heterocycles. The first-order valence-corrected chi connectivity index (χ1v) is 18.3. The number of fused-ring (bicyclic) bond motifs is 9. The van der Waals surface area contributed by atoms with Crippen LogP contribution in [0.1, 0.15) is 0 Å². The summed E-state index contributed by atoms with van der Waals surface area (Å²) in [5.41, 5.74) is 12.6. The monoisotopic (exact) mass is 699 g/mol. The van der Waals surface area contributed by atoms with Crippen LogP contribution in [0.4, 0.5) is 11.4 Å². The zero-order valence-corrected chi connectivity index (χ0v) is 29.5. The summed E-state index contributed by atoms with van der Waals surface area (Å²) in [6, 6.07) is 61.4. The quantitative estimate of drug-likeness (QED) is 0.163. The molecule has 0 unspecified atom stereocenters. The smallest absolute Gasteiger partial charge is 0.210 e. The fraction of sp³-hybridized carbons (Fsp3) is 0. The van der Waals surface area contributed by atoms with Crippen molar-refractivity contribution in [1.82, 2.24) is 13.7 Å². The Morgan fingerprint density at radius 3 is 1.56 bits per heavy atom. The minimum atomic E-state index is 0.548. The van der Waals surface area contributed by atoms with Gasteiger partial charge in [-0.05, 0) is 71.6 Å². The summed E-state index contributed by atoms with van der Waals surface area (Å²) >= 11 is 0. The van der Waals surface area contributed by atoms with Gasteiger partial charge in [-0.25, -0.2) is 9.69 Å². The molecule has 0 amide bonds. The molecular formula is C50H29N5. The lowest BCUT2D eigenvalue weighted by molar-refractivity contribution is 1.16. The fourth-order valence-electron chi connectivity index (χ4n) is 8.79. The van der Waals surface area contributed by atoms with Crippen molar-refractivity contribution < 1.29 is 0 Å². The number of hydrogen-bond acceptors (Lipinski definition) is 0. The van der Waals surface area contributed by atoms with Crippen molar-refractivity contribution >= 4 is 76.8 Å². The second kappa shape index (κ2) is 11.8. The summed E-state index contributed by atoms with van der Waals surface area (Å²) in [7, 11) is 0. The summed E-state index contributed by atoms with van der Waals surface area (Å²) < 4.78 is 6.90. The van der Waals surface area contributed by atoms with Crippen molar-refractivity contribution in [2.45, 2.75) is 0 Å². The van der Waals surface area contributed by atoms with Gasteiger partial charge in [-0.2, -0.15) is 0 Å². The van der Waals surface area contributed by atoms with E-state index >= 15 is 0 Å². The van der Waals surface area contributed by atoms with Gasteiger partial charge in [0.25, 0.3) is 0 Å². The first-order chi connectivity index (χ1) is 27.2. The highest BCUT2D eigenvalue weighted by Gasteiger charge is 2.21. The molecule has 0 N–H and O–H groups in total. The Kier molecular flexibility index (Phi) is 6.61. The first kappa shape index (κ1) is 30.7. The van der Waals surface area contributed by atoms with Gasteiger partial charge in [-0.1, -0.05) is 115 Å². The van der Waals surface area contributed by atoms with Crippen LogP contribution >= 0.6 is 0 Å². The van der Waals surface area contributed by atoms with Crippen LogP contribution in [0.2, 0.25) is 0 Å². The third-order valence-corrected chi connectivity index (χ3v) is 11.1. The molecule has 0 radical (unpaired) electrons. The van der Waals surface area contributed by atoms with Gasteiger partial charge >= 0.3 is 0 Å². The summed E-state index contributed by atoms with van der Waals surface area (Å²) in [6.07, 6.45) is 0. The second-order valence-electron chi connectivity index (χ2n) is 13.9. The van der Waals surface area contributed by atoms with E-state index in [2.05, 4.69) is 163 Å². The van der Waals surface area contributed by atoms with E-state index in [1.54, 1.807) is 0 Å². The van der Waals surface area contributed by atoms with Crippen LogP contribution in [0, 0.1) is 13.1 Å². The number of rotatable bonds is 4. The van der Waals surface area contributed by atoms with Gasteiger partial charge in [-0.3, -0.25) is 0 Å². The maximum absolute atomic E-state index is 8.21. The molecule has 0 aliphatic rings. The maximum atomic E-state index is 8.21. The molecule has 5 nitrogen and oxygen atoms in total. The average molecular weight is 700 g/mol. The van der Waals surface area contributed by atoms with Crippen molar-refractivity contribution in [2.75, 3.05) is 0 Å². The molecule has 0 spiro atoms. The Morgan fingerprint density at radius 1 is 0.345 bits per heavy atom. The van der Waals surface area contributed by atoms with Gasteiger partial charge in [0.05, 0.1) is 52.1 Å². The van der Waals surface area contributed by atoms with Gasteiger partial charge in [0.1, 0.15) is 0 Å². The Morgan fingerprint density at radius 2 is 0.873 bits per heavy atom. The standard InChI is InChI=1S/C50H29N5/c1-51-40-28-26-32(30-49(40)55-46-24-12-7-18-38(46)50-41(52-2)19-13-25-48(50)55)34-14-3-8-20-42(34)54-45-23-11-6-17-37(45)39-31-33(27-29-47(39)54)53-43-21-9-4-15-35(43)36-16-5-10-22-44(36)53/h3-31H. The molecule has 0 aliphatic carbocycles. The molecule has 0 atom stereocenters. The lowest BCUT2D eigenvalue weighted by atomic mass is 10.0. The van der Waals surface area contributed by atoms with Gasteiger partial charge in [-0.15, -0.1) is 0 Å². The highest BCUT2D eigenvalue weighted by atomic mass is 15.0. The molecule has 0 bridgehead atoms. The number of para-hydroxylation sites is 5. The highest BCUT2D eigenvalue weighted by Crippen LogP contribution is 2.43. The van der Waals surface area contributed by atoms with Gasteiger partial charge in [0.15, 0.2) is 5.69 Å². The molecule has 5 heteroatoms. The van der Waals surface area contributed by atoms with E-state index in [0.29, 0.717) is 11.4 Å². The largest absolute Gasteiger partial charge is 0.320 e. The zero-order chi connectivity index (χ0) is 36.6. The van der Waals surface area contributed by atoms with Crippen LogP contribution < -0.4 is 0 Å². The van der Waals surface area contributed by atoms with Crippen molar-refractivity contribution in [3.63, 3.8) is 0 Å². The van der Waals surface area contributed by atoms with E-state index in [-0.39, 0.29) is 0 Å². The van der Waals surface area contributed by atoms with E-state index in [4.69, 9.17) is 13.1 Å². The van der Waals surface area contributed by atoms with Gasteiger partial charge in [0, 0.05) is 43.7 Å². The van der Waals surface area contributed by atoms with Gasteiger partial charge in [0.2, 0.25) is 5.69 Å². The number of nitrogens with zero attached hydrogens (tertiary/aromatic N) is 5. The van der Waals surface area contributed by atoms with Gasteiger partial charge < -0.3 is 13.7 Å². The molecule has 0 saturated carbocycles. The summed E-state index contributed by atoms with van der Waals surface area (Å²) in [6.45, 7) is 16.1. The van der Waals surface area contributed by atoms with E-state index in [1.165, 1.54) is 32.6 Å². The molecule has 3 aromatic heterocycles. The van der Waals surface area contributed by atoms with Crippen molar-refractivity contribution in [3.05, 3.63) is 199 Å². The predicted molar refractivity (Wildman–Crippen MR) is 227 cm³/mol. The van der Waals surface area contributed by atoms with Crippen LogP contribution in [0.25, 0.3) is 103 Å². The second-order valence-corrected chi connectivity index (χ2v) is 13.9. The van der Waals surface area contributed by atoms with Crippen LogP contribution in [0.5, 0.6) is 0 Å². The molecule has 0 aliphatic heterocycles. The minimum absolute atomic E-state index is 0.548. The van der Waals surface area contributed by atoms with Crippen LogP contribution in [0.3, 0.4) is 0 Å². The third kappa shape index (κ3) is 4.39. The van der Waals surface area contributed by atoms with Crippen LogP contribution in [-0.4, -0.2) is 13.7 Å². The molecule has 0 saturated heterocycles. The van der Waals surface area contributed by atoms with Crippen LogP contribution in [0.15, 0.2) is 176 Å². The van der Waals surface area contributed by atoms with Crippen molar-refractivity contribution in [1.29, 1.82) is 0 Å². The lowest BCUT2D eigenvalue weighted by Crippen LogP contribution is -1.99. The van der Waals surface area contributed by atoms with E-state index < -0.39 is 0 Å². The Hall–Kier alpha value is -7.86. The van der Waals surface area contributed by atoms with Crippen molar-refractivity contribution in [2.24, 2.45) is 0 Å². The fourth-order valence-corrected chi connectivity index (χ4v) is 8.79. The molecule has 8 aromatic carbocycles. The Balaban J connectivity index is 1.14. The Labute approximate surface area is 316 Å². The number of hydrogen-bond donors (Lipinski definition) is 0. The molecule has 11 aromatic rings. The molecule has 0 fully saturated rings. The first-order valence-electron chi connectivity index (χ1n) is 18.3. The zero-order valence-electron chi connectivity index (χ0n) is 29.5. The lowest BCUT2D eigenvalue weighted by Gasteiger charge is -2.17. The average Bonchev–Trinajstić information content (AvgIpc) is 3.89. The van der Waals surface area contributed by atoms with Crippen molar-refractivity contribution in [3.8, 4) is 28.2 Å².